The van der Waals surface area contributed by atoms with Gasteiger partial charge in [-0.25, -0.2) is 0 Å². The standard InChI is InChI=1S/C9H17N3O3/c1-6(13)12-7(9(15)11-3)4-5-8(14)10-2/h7H,4-5H2,1-3H3,(H,10,14)(H,11,15)(H,12,13). The zero-order chi connectivity index (χ0) is 11.8. The summed E-state index contributed by atoms with van der Waals surface area (Å²) in [4.78, 5) is 33.0. The minimum Gasteiger partial charge on any atom is -0.359 e. The molecule has 6 nitrogen and oxygen atoms in total. The predicted octanol–water partition coefficient (Wildman–Crippen LogP) is -1.24. The maximum absolute atomic E-state index is 11.3. The first-order valence-corrected chi connectivity index (χ1v) is 4.70. The molecular weight excluding hydrogens is 198 g/mol. The van der Waals surface area contributed by atoms with Gasteiger partial charge in [-0.1, -0.05) is 0 Å². The Hall–Kier alpha value is -1.59. The van der Waals surface area contributed by atoms with E-state index in [2.05, 4.69) is 16.0 Å². The molecule has 0 saturated carbocycles. The summed E-state index contributed by atoms with van der Waals surface area (Å²) in [5.41, 5.74) is 0. The molecule has 0 aromatic carbocycles. The van der Waals surface area contributed by atoms with Gasteiger partial charge < -0.3 is 16.0 Å². The first-order chi connectivity index (χ1) is 7.01. The number of nitrogens with one attached hydrogen (secondary N) is 3. The monoisotopic (exact) mass is 215 g/mol. The van der Waals surface area contributed by atoms with E-state index in [9.17, 15) is 14.4 Å². The maximum atomic E-state index is 11.3. The zero-order valence-corrected chi connectivity index (χ0v) is 9.22. The Balaban J connectivity index is 4.18. The summed E-state index contributed by atoms with van der Waals surface area (Å²) in [5.74, 6) is -0.746. The second-order valence-corrected chi connectivity index (χ2v) is 3.08. The highest BCUT2D eigenvalue weighted by atomic mass is 16.2. The van der Waals surface area contributed by atoms with Gasteiger partial charge in [-0.2, -0.15) is 0 Å². The van der Waals surface area contributed by atoms with Crippen molar-refractivity contribution in [2.75, 3.05) is 14.1 Å². The average Bonchev–Trinajstić information content (AvgIpc) is 2.21. The van der Waals surface area contributed by atoms with Gasteiger partial charge in [0, 0.05) is 27.4 Å². The summed E-state index contributed by atoms with van der Waals surface area (Å²) in [6, 6.07) is -0.648. The molecule has 0 rings (SSSR count). The molecular formula is C9H17N3O3. The molecule has 3 amide bonds. The van der Waals surface area contributed by atoms with Crippen molar-refractivity contribution in [3.63, 3.8) is 0 Å². The van der Waals surface area contributed by atoms with Crippen LogP contribution in [0.2, 0.25) is 0 Å². The van der Waals surface area contributed by atoms with Crippen LogP contribution in [0.3, 0.4) is 0 Å². The van der Waals surface area contributed by atoms with Gasteiger partial charge in [0.1, 0.15) is 6.04 Å². The number of hydrogen-bond donors (Lipinski definition) is 3. The van der Waals surface area contributed by atoms with E-state index < -0.39 is 6.04 Å². The van der Waals surface area contributed by atoms with E-state index >= 15 is 0 Å². The molecule has 3 N–H and O–H groups in total. The van der Waals surface area contributed by atoms with Gasteiger partial charge >= 0.3 is 0 Å². The lowest BCUT2D eigenvalue weighted by atomic mass is 10.1. The molecule has 0 aromatic rings. The lowest BCUT2D eigenvalue weighted by Crippen LogP contribution is -2.45. The third kappa shape index (κ3) is 5.66. The van der Waals surface area contributed by atoms with Crippen molar-refractivity contribution in [2.24, 2.45) is 0 Å². The average molecular weight is 215 g/mol. The molecule has 1 unspecified atom stereocenters. The van der Waals surface area contributed by atoms with Crippen molar-refractivity contribution in [1.29, 1.82) is 0 Å². The van der Waals surface area contributed by atoms with Crippen molar-refractivity contribution in [2.45, 2.75) is 25.8 Å². The highest BCUT2D eigenvalue weighted by molar-refractivity contribution is 5.87. The summed E-state index contributed by atoms with van der Waals surface area (Å²) >= 11 is 0. The smallest absolute Gasteiger partial charge is 0.242 e. The van der Waals surface area contributed by atoms with E-state index in [1.807, 2.05) is 0 Å². The molecule has 0 fully saturated rings. The third-order valence-corrected chi connectivity index (χ3v) is 1.88. The molecule has 0 aromatic heterocycles. The predicted molar refractivity (Wildman–Crippen MR) is 55.0 cm³/mol. The number of rotatable bonds is 5. The van der Waals surface area contributed by atoms with Crippen LogP contribution in [0.5, 0.6) is 0 Å². The van der Waals surface area contributed by atoms with Gasteiger partial charge in [0.25, 0.3) is 0 Å². The van der Waals surface area contributed by atoms with E-state index in [4.69, 9.17) is 0 Å². The molecule has 6 heteroatoms. The summed E-state index contributed by atoms with van der Waals surface area (Å²) in [7, 11) is 3.01. The molecule has 1 atom stereocenters. The van der Waals surface area contributed by atoms with Gasteiger partial charge in [-0.05, 0) is 6.42 Å². The van der Waals surface area contributed by atoms with Crippen molar-refractivity contribution in [3.8, 4) is 0 Å². The molecule has 0 aliphatic rings. The van der Waals surface area contributed by atoms with Crippen LogP contribution in [-0.2, 0) is 14.4 Å². The minimum atomic E-state index is -0.648. The Morgan fingerprint density at radius 1 is 1.13 bits per heavy atom. The molecule has 0 spiro atoms. The fourth-order valence-corrected chi connectivity index (χ4v) is 1.09. The number of amides is 3. The summed E-state index contributed by atoms with van der Waals surface area (Å²) in [6.45, 7) is 1.33. The normalized spacial score (nSPS) is 11.4. The first-order valence-electron chi connectivity index (χ1n) is 4.70. The quantitative estimate of drug-likeness (QED) is 0.536. The fourth-order valence-electron chi connectivity index (χ4n) is 1.09. The van der Waals surface area contributed by atoms with E-state index in [1.54, 1.807) is 0 Å². The summed E-state index contributed by atoms with van der Waals surface area (Å²) < 4.78 is 0. The van der Waals surface area contributed by atoms with Crippen LogP contribution in [0.25, 0.3) is 0 Å². The SMILES string of the molecule is CNC(=O)CCC(NC(C)=O)C(=O)NC. The Morgan fingerprint density at radius 2 is 1.73 bits per heavy atom. The Kier molecular flexibility index (Phi) is 6.08. The van der Waals surface area contributed by atoms with Crippen molar-refractivity contribution in [1.82, 2.24) is 16.0 Å². The highest BCUT2D eigenvalue weighted by Crippen LogP contribution is 1.97. The second kappa shape index (κ2) is 6.80. The molecule has 0 saturated heterocycles. The minimum absolute atomic E-state index is 0.158. The summed E-state index contributed by atoms with van der Waals surface area (Å²) in [6.07, 6.45) is 0.494. The molecule has 0 bridgehead atoms. The van der Waals surface area contributed by atoms with Crippen LogP contribution < -0.4 is 16.0 Å². The van der Waals surface area contributed by atoms with Gasteiger partial charge in [0.2, 0.25) is 17.7 Å². The van der Waals surface area contributed by atoms with E-state index in [1.165, 1.54) is 21.0 Å². The van der Waals surface area contributed by atoms with Gasteiger partial charge in [-0.15, -0.1) is 0 Å². The Labute approximate surface area is 88.8 Å². The zero-order valence-electron chi connectivity index (χ0n) is 9.22. The van der Waals surface area contributed by atoms with E-state index in [-0.39, 0.29) is 24.1 Å². The molecule has 0 heterocycles. The van der Waals surface area contributed by atoms with Crippen molar-refractivity contribution < 1.29 is 14.4 Å². The van der Waals surface area contributed by atoms with Crippen LogP contribution in [0.1, 0.15) is 19.8 Å². The van der Waals surface area contributed by atoms with Crippen LogP contribution in [0, 0.1) is 0 Å². The maximum Gasteiger partial charge on any atom is 0.242 e. The van der Waals surface area contributed by atoms with Gasteiger partial charge in [0.05, 0.1) is 0 Å². The molecule has 15 heavy (non-hydrogen) atoms. The largest absolute Gasteiger partial charge is 0.359 e. The van der Waals surface area contributed by atoms with Gasteiger partial charge in [-0.3, -0.25) is 14.4 Å². The summed E-state index contributed by atoms with van der Waals surface area (Å²) in [5, 5.41) is 7.35. The fraction of sp³-hybridized carbons (Fsp3) is 0.667. The third-order valence-electron chi connectivity index (χ3n) is 1.88. The Morgan fingerprint density at radius 3 is 2.13 bits per heavy atom. The van der Waals surface area contributed by atoms with Crippen LogP contribution in [0.15, 0.2) is 0 Å². The first kappa shape index (κ1) is 13.4. The lowest BCUT2D eigenvalue weighted by Gasteiger charge is -2.15. The molecule has 0 radical (unpaired) electrons. The Bertz CT molecular complexity index is 253. The van der Waals surface area contributed by atoms with E-state index in [0.717, 1.165) is 0 Å². The lowest BCUT2D eigenvalue weighted by molar-refractivity contribution is -0.128. The van der Waals surface area contributed by atoms with Crippen molar-refractivity contribution >= 4 is 17.7 Å². The van der Waals surface area contributed by atoms with Crippen LogP contribution in [0.4, 0.5) is 0 Å². The van der Waals surface area contributed by atoms with E-state index in [0.29, 0.717) is 6.42 Å². The topological polar surface area (TPSA) is 87.3 Å². The molecule has 86 valence electrons. The number of carbonyl (C=O) groups is 3. The van der Waals surface area contributed by atoms with Crippen molar-refractivity contribution in [3.05, 3.63) is 0 Å². The van der Waals surface area contributed by atoms with Gasteiger partial charge in [0.15, 0.2) is 0 Å². The molecule has 0 aliphatic heterocycles. The van der Waals surface area contributed by atoms with Crippen LogP contribution >= 0.6 is 0 Å². The van der Waals surface area contributed by atoms with Crippen LogP contribution in [-0.4, -0.2) is 37.9 Å². The second-order valence-electron chi connectivity index (χ2n) is 3.08. The number of carbonyl (C=O) groups excluding carboxylic acids is 3. The molecule has 0 aliphatic carbocycles. The number of likely N-dealkylation sites (N-methyl/N-ethyl adjacent to an activating group) is 1. The highest BCUT2D eigenvalue weighted by Gasteiger charge is 2.18. The number of hydrogen-bond acceptors (Lipinski definition) is 3.